The highest BCUT2D eigenvalue weighted by molar-refractivity contribution is 5.93. The van der Waals surface area contributed by atoms with Gasteiger partial charge in [0.05, 0.1) is 6.54 Å². The predicted octanol–water partition coefficient (Wildman–Crippen LogP) is 2.97. The first kappa shape index (κ1) is 14.1. The van der Waals surface area contributed by atoms with Crippen LogP contribution >= 0.6 is 0 Å². The number of nitrogens with zero attached hydrogens (tertiary/aromatic N) is 1. The van der Waals surface area contributed by atoms with E-state index in [1.807, 2.05) is 32.0 Å². The van der Waals surface area contributed by atoms with Gasteiger partial charge in [-0.2, -0.15) is 0 Å². The Bertz CT molecular complexity index is 436. The Morgan fingerprint density at radius 2 is 2.05 bits per heavy atom. The van der Waals surface area contributed by atoms with Crippen LogP contribution in [0.4, 0.5) is 5.69 Å². The molecule has 0 saturated carbocycles. The van der Waals surface area contributed by atoms with Crippen molar-refractivity contribution in [1.82, 2.24) is 4.90 Å². The molecule has 1 aromatic rings. The molecule has 1 aliphatic heterocycles. The summed E-state index contributed by atoms with van der Waals surface area (Å²) in [6.45, 7) is 8.93. The van der Waals surface area contributed by atoms with E-state index in [2.05, 4.69) is 17.1 Å². The van der Waals surface area contributed by atoms with Crippen molar-refractivity contribution in [2.24, 2.45) is 5.92 Å². The van der Waals surface area contributed by atoms with Gasteiger partial charge in [0.1, 0.15) is 0 Å². The van der Waals surface area contributed by atoms with Gasteiger partial charge in [0, 0.05) is 12.2 Å². The molecule has 1 atom stereocenters. The van der Waals surface area contributed by atoms with Crippen molar-refractivity contribution in [3.05, 3.63) is 29.3 Å². The fourth-order valence-corrected chi connectivity index (χ4v) is 2.82. The number of amides is 1. The fourth-order valence-electron chi connectivity index (χ4n) is 2.82. The summed E-state index contributed by atoms with van der Waals surface area (Å²) in [6.07, 6.45) is 2.49. The first-order chi connectivity index (χ1) is 9.06. The third-order valence-corrected chi connectivity index (χ3v) is 3.85. The molecule has 2 rings (SSSR count). The minimum Gasteiger partial charge on any atom is -0.324 e. The van der Waals surface area contributed by atoms with Crippen LogP contribution in [0.25, 0.3) is 0 Å². The lowest BCUT2D eigenvalue weighted by Gasteiger charge is -2.30. The Labute approximate surface area is 116 Å². The molecule has 0 spiro atoms. The van der Waals surface area contributed by atoms with Gasteiger partial charge in [-0.1, -0.05) is 25.1 Å². The lowest BCUT2D eigenvalue weighted by atomic mass is 10.0. The highest BCUT2D eigenvalue weighted by atomic mass is 16.2. The molecule has 0 bridgehead atoms. The maximum absolute atomic E-state index is 12.1. The highest BCUT2D eigenvalue weighted by Gasteiger charge is 2.18. The third-order valence-electron chi connectivity index (χ3n) is 3.85. The summed E-state index contributed by atoms with van der Waals surface area (Å²) in [5.41, 5.74) is 3.22. The Hall–Kier alpha value is -1.35. The van der Waals surface area contributed by atoms with Crippen molar-refractivity contribution in [1.29, 1.82) is 0 Å². The molecule has 3 heteroatoms. The monoisotopic (exact) mass is 260 g/mol. The molecular formula is C16H24N2O. The quantitative estimate of drug-likeness (QED) is 0.906. The number of hydrogen-bond acceptors (Lipinski definition) is 2. The van der Waals surface area contributed by atoms with Gasteiger partial charge in [0.15, 0.2) is 0 Å². The number of piperidine rings is 1. The summed E-state index contributed by atoms with van der Waals surface area (Å²) in [7, 11) is 0. The van der Waals surface area contributed by atoms with Crippen LogP contribution in [0.1, 0.15) is 30.9 Å². The molecular weight excluding hydrogens is 236 g/mol. The Morgan fingerprint density at radius 1 is 1.37 bits per heavy atom. The van der Waals surface area contributed by atoms with Crippen LogP contribution in [0.2, 0.25) is 0 Å². The minimum absolute atomic E-state index is 0.103. The van der Waals surface area contributed by atoms with Gasteiger partial charge in [0.25, 0.3) is 0 Å². The van der Waals surface area contributed by atoms with Gasteiger partial charge in [-0.25, -0.2) is 0 Å². The Morgan fingerprint density at radius 3 is 2.68 bits per heavy atom. The van der Waals surface area contributed by atoms with E-state index in [0.29, 0.717) is 12.5 Å². The molecule has 1 aromatic carbocycles. The first-order valence-corrected chi connectivity index (χ1v) is 7.14. The number of hydrogen-bond donors (Lipinski definition) is 1. The van der Waals surface area contributed by atoms with Crippen LogP contribution in [-0.2, 0) is 4.79 Å². The van der Waals surface area contributed by atoms with E-state index in [9.17, 15) is 4.79 Å². The van der Waals surface area contributed by atoms with Gasteiger partial charge in [-0.05, 0) is 50.3 Å². The average Bonchev–Trinajstić information content (AvgIpc) is 2.34. The number of para-hydroxylation sites is 1. The van der Waals surface area contributed by atoms with E-state index in [4.69, 9.17) is 0 Å². The molecule has 0 aliphatic carbocycles. The first-order valence-electron chi connectivity index (χ1n) is 7.14. The van der Waals surface area contributed by atoms with E-state index in [-0.39, 0.29) is 5.91 Å². The van der Waals surface area contributed by atoms with Crippen LogP contribution in [0.15, 0.2) is 18.2 Å². The summed E-state index contributed by atoms with van der Waals surface area (Å²) in [4.78, 5) is 14.4. The maximum Gasteiger partial charge on any atom is 0.238 e. The van der Waals surface area contributed by atoms with Crippen LogP contribution in [0.3, 0.4) is 0 Å². The van der Waals surface area contributed by atoms with Crippen molar-refractivity contribution in [2.75, 3.05) is 25.0 Å². The van der Waals surface area contributed by atoms with Gasteiger partial charge in [-0.3, -0.25) is 9.69 Å². The fraction of sp³-hybridized carbons (Fsp3) is 0.562. The number of carbonyl (C=O) groups excluding carboxylic acids is 1. The van der Waals surface area contributed by atoms with Crippen LogP contribution in [-0.4, -0.2) is 30.4 Å². The normalized spacial score (nSPS) is 20.3. The minimum atomic E-state index is 0.103. The van der Waals surface area contributed by atoms with E-state index in [0.717, 1.165) is 29.9 Å². The summed E-state index contributed by atoms with van der Waals surface area (Å²) < 4.78 is 0. The van der Waals surface area contributed by atoms with Gasteiger partial charge >= 0.3 is 0 Å². The average molecular weight is 260 g/mol. The second-order valence-corrected chi connectivity index (χ2v) is 5.80. The molecule has 1 N–H and O–H groups in total. The molecule has 1 fully saturated rings. The lowest BCUT2D eigenvalue weighted by molar-refractivity contribution is -0.117. The topological polar surface area (TPSA) is 32.3 Å². The summed E-state index contributed by atoms with van der Waals surface area (Å²) >= 11 is 0. The molecule has 0 unspecified atom stereocenters. The molecule has 0 radical (unpaired) electrons. The molecule has 1 saturated heterocycles. The van der Waals surface area contributed by atoms with E-state index in [1.54, 1.807) is 0 Å². The number of rotatable bonds is 3. The van der Waals surface area contributed by atoms with Crippen molar-refractivity contribution >= 4 is 11.6 Å². The second-order valence-electron chi connectivity index (χ2n) is 5.80. The van der Waals surface area contributed by atoms with Crippen molar-refractivity contribution in [3.63, 3.8) is 0 Å². The number of benzene rings is 1. The van der Waals surface area contributed by atoms with E-state index >= 15 is 0 Å². The van der Waals surface area contributed by atoms with Crippen LogP contribution in [0, 0.1) is 19.8 Å². The van der Waals surface area contributed by atoms with Crippen LogP contribution in [0.5, 0.6) is 0 Å². The van der Waals surface area contributed by atoms with E-state index in [1.165, 1.54) is 12.8 Å². The number of anilines is 1. The smallest absolute Gasteiger partial charge is 0.238 e. The molecule has 1 amide bonds. The predicted molar refractivity (Wildman–Crippen MR) is 79.4 cm³/mol. The number of nitrogens with one attached hydrogen (secondary N) is 1. The van der Waals surface area contributed by atoms with Gasteiger partial charge in [0.2, 0.25) is 5.91 Å². The largest absolute Gasteiger partial charge is 0.324 e. The molecule has 3 nitrogen and oxygen atoms in total. The van der Waals surface area contributed by atoms with Gasteiger partial charge in [-0.15, -0.1) is 0 Å². The second kappa shape index (κ2) is 6.20. The molecule has 0 aromatic heterocycles. The zero-order valence-corrected chi connectivity index (χ0v) is 12.2. The van der Waals surface area contributed by atoms with E-state index < -0.39 is 0 Å². The molecule has 1 aliphatic rings. The summed E-state index contributed by atoms with van der Waals surface area (Å²) in [5, 5.41) is 3.06. The van der Waals surface area contributed by atoms with Crippen molar-refractivity contribution < 1.29 is 4.79 Å². The van der Waals surface area contributed by atoms with Gasteiger partial charge < -0.3 is 5.32 Å². The lowest BCUT2D eigenvalue weighted by Crippen LogP contribution is -2.39. The zero-order valence-electron chi connectivity index (χ0n) is 12.2. The number of aryl methyl sites for hydroxylation is 2. The van der Waals surface area contributed by atoms with Crippen LogP contribution < -0.4 is 5.32 Å². The maximum atomic E-state index is 12.1. The molecule has 104 valence electrons. The number of likely N-dealkylation sites (tertiary alicyclic amines) is 1. The van der Waals surface area contributed by atoms with Crippen molar-refractivity contribution in [3.8, 4) is 0 Å². The summed E-state index contributed by atoms with van der Waals surface area (Å²) in [6, 6.07) is 6.09. The Balaban J connectivity index is 1.94. The number of carbonyl (C=O) groups is 1. The highest BCUT2D eigenvalue weighted by Crippen LogP contribution is 2.20. The van der Waals surface area contributed by atoms with Crippen molar-refractivity contribution in [2.45, 2.75) is 33.6 Å². The summed E-state index contributed by atoms with van der Waals surface area (Å²) in [5.74, 6) is 0.813. The molecule has 1 heterocycles. The molecule has 19 heavy (non-hydrogen) atoms. The third kappa shape index (κ3) is 3.80. The standard InChI is InChI=1S/C16H24N2O/c1-12-6-5-9-18(10-12)11-15(19)17-16-13(2)7-4-8-14(16)3/h4,7-8,12H,5-6,9-11H2,1-3H3,(H,17,19)/t12-/m1/s1. The zero-order chi connectivity index (χ0) is 13.8. The SMILES string of the molecule is Cc1cccc(C)c1NC(=O)CN1CCC[C@@H](C)C1. The Kier molecular flexibility index (Phi) is 4.59.